The molecular formula is C26H17ClF3N3O. The first-order valence-corrected chi connectivity index (χ1v) is 10.9. The Labute approximate surface area is 197 Å². The maximum atomic E-state index is 13.1. The molecule has 0 amide bonds. The number of alkyl halides is 3. The number of halogens is 4. The highest BCUT2D eigenvalue weighted by Crippen LogP contribution is 2.36. The molecule has 0 aliphatic rings. The van der Waals surface area contributed by atoms with Gasteiger partial charge in [-0.1, -0.05) is 48.0 Å². The number of benzene rings is 2. The lowest BCUT2D eigenvalue weighted by Crippen LogP contribution is -2.16. The fourth-order valence-electron chi connectivity index (χ4n) is 3.99. The molecule has 0 aliphatic carbocycles. The zero-order chi connectivity index (χ0) is 23.9. The van der Waals surface area contributed by atoms with Crippen molar-refractivity contribution in [3.05, 3.63) is 93.9 Å². The van der Waals surface area contributed by atoms with Crippen LogP contribution in [0, 0.1) is 0 Å². The third-order valence-corrected chi connectivity index (χ3v) is 5.92. The van der Waals surface area contributed by atoms with E-state index in [1.807, 2.05) is 42.5 Å². The van der Waals surface area contributed by atoms with Crippen molar-refractivity contribution < 1.29 is 13.2 Å². The fraction of sp³-hybridized carbons (Fsp3) is 0.115. The van der Waals surface area contributed by atoms with Gasteiger partial charge in [0.2, 0.25) is 0 Å². The average molecular weight is 480 g/mol. The van der Waals surface area contributed by atoms with E-state index in [0.717, 1.165) is 16.5 Å². The van der Waals surface area contributed by atoms with Crippen molar-refractivity contribution >= 4 is 33.5 Å². The number of aromatic amines is 1. The first-order chi connectivity index (χ1) is 16.3. The summed E-state index contributed by atoms with van der Waals surface area (Å²) in [6.07, 6.45) is -2.85. The second-order valence-corrected chi connectivity index (χ2v) is 8.35. The molecule has 0 radical (unpaired) electrons. The molecule has 34 heavy (non-hydrogen) atoms. The van der Waals surface area contributed by atoms with E-state index in [9.17, 15) is 18.0 Å². The normalized spacial score (nSPS) is 11.9. The average Bonchev–Trinajstić information content (AvgIpc) is 2.83. The van der Waals surface area contributed by atoms with Crippen LogP contribution in [0.25, 0.3) is 44.3 Å². The Balaban J connectivity index is 1.76. The van der Waals surface area contributed by atoms with Gasteiger partial charge < -0.3 is 4.98 Å². The fourth-order valence-corrected chi connectivity index (χ4v) is 4.27. The third kappa shape index (κ3) is 4.26. The number of hydrogen-bond acceptors (Lipinski definition) is 3. The summed E-state index contributed by atoms with van der Waals surface area (Å²) >= 11 is 6.51. The van der Waals surface area contributed by atoms with Crippen molar-refractivity contribution in [2.24, 2.45) is 0 Å². The van der Waals surface area contributed by atoms with E-state index >= 15 is 0 Å². The number of nitrogens with one attached hydrogen (secondary N) is 1. The van der Waals surface area contributed by atoms with Crippen molar-refractivity contribution in [2.75, 3.05) is 0 Å². The minimum atomic E-state index is -4.35. The summed E-state index contributed by atoms with van der Waals surface area (Å²) in [5, 5.41) is 1.48. The van der Waals surface area contributed by atoms with Gasteiger partial charge in [-0.3, -0.25) is 9.78 Å². The number of aromatic nitrogens is 3. The topological polar surface area (TPSA) is 58.6 Å². The molecule has 8 heteroatoms. The van der Waals surface area contributed by atoms with E-state index in [1.165, 1.54) is 6.20 Å². The first-order valence-electron chi connectivity index (χ1n) is 10.5. The van der Waals surface area contributed by atoms with E-state index in [2.05, 4.69) is 9.97 Å². The minimum Gasteiger partial charge on any atom is -0.346 e. The van der Waals surface area contributed by atoms with Crippen LogP contribution in [0.1, 0.15) is 12.0 Å². The van der Waals surface area contributed by atoms with Crippen molar-refractivity contribution in [1.29, 1.82) is 0 Å². The summed E-state index contributed by atoms with van der Waals surface area (Å²) in [4.78, 5) is 25.0. The molecule has 2 aromatic carbocycles. The molecule has 0 aliphatic heterocycles. The highest BCUT2D eigenvalue weighted by atomic mass is 35.5. The summed E-state index contributed by atoms with van der Waals surface area (Å²) in [6.45, 7) is 0. The van der Waals surface area contributed by atoms with Crippen molar-refractivity contribution in [2.45, 2.75) is 19.0 Å². The number of aryl methyl sites for hydroxylation is 1. The first kappa shape index (κ1) is 22.1. The molecule has 0 fully saturated rings. The SMILES string of the molecule is O=c1c(CCC(F)(F)F)c[nH]c2nc(-c3ccccc3)c(-c3cc(Cl)c4ncccc4c3)cc12. The van der Waals surface area contributed by atoms with E-state index in [1.54, 1.807) is 24.4 Å². The van der Waals surface area contributed by atoms with Gasteiger partial charge in [-0.05, 0) is 36.2 Å². The number of nitrogens with zero attached hydrogens (tertiary/aromatic N) is 2. The Morgan fingerprint density at radius 2 is 1.76 bits per heavy atom. The summed E-state index contributed by atoms with van der Waals surface area (Å²) in [5.41, 5.74) is 3.34. The monoisotopic (exact) mass is 479 g/mol. The number of rotatable bonds is 4. The molecule has 1 N–H and O–H groups in total. The molecule has 0 spiro atoms. The quantitative estimate of drug-likeness (QED) is 0.303. The van der Waals surface area contributed by atoms with Crippen LogP contribution in [0.4, 0.5) is 13.2 Å². The Kier molecular flexibility index (Phi) is 5.57. The van der Waals surface area contributed by atoms with Gasteiger partial charge >= 0.3 is 6.18 Å². The molecule has 170 valence electrons. The van der Waals surface area contributed by atoms with Crippen molar-refractivity contribution in [3.63, 3.8) is 0 Å². The standard InChI is InChI=1S/C26H17ClF3N3O/c27-21-12-18(11-16-7-4-10-31-23(16)21)19-13-20-24(34)17(8-9-26(28,29)30)14-32-25(20)33-22(19)15-5-2-1-3-6-15/h1-7,10-14H,8-9H2,(H,32,33,34). The van der Waals surface area contributed by atoms with Gasteiger partial charge in [0.15, 0.2) is 5.43 Å². The Hall–Kier alpha value is -3.71. The number of hydrogen-bond donors (Lipinski definition) is 1. The molecule has 3 aromatic heterocycles. The second-order valence-electron chi connectivity index (χ2n) is 7.94. The number of H-pyrrole nitrogens is 1. The number of fused-ring (bicyclic) bond motifs is 2. The lowest BCUT2D eigenvalue weighted by Gasteiger charge is -2.13. The van der Waals surface area contributed by atoms with Crippen LogP contribution in [0.2, 0.25) is 5.02 Å². The van der Waals surface area contributed by atoms with E-state index in [4.69, 9.17) is 16.6 Å². The van der Waals surface area contributed by atoms with Crippen molar-refractivity contribution in [1.82, 2.24) is 15.0 Å². The van der Waals surface area contributed by atoms with E-state index in [0.29, 0.717) is 27.4 Å². The zero-order valence-corrected chi connectivity index (χ0v) is 18.4. The molecule has 5 aromatic rings. The van der Waals surface area contributed by atoms with Gasteiger partial charge in [-0.2, -0.15) is 13.2 Å². The summed E-state index contributed by atoms with van der Waals surface area (Å²) in [6, 6.07) is 18.5. The highest BCUT2D eigenvalue weighted by Gasteiger charge is 2.27. The molecular weight excluding hydrogens is 463 g/mol. The summed E-state index contributed by atoms with van der Waals surface area (Å²) in [5.74, 6) is 0. The van der Waals surface area contributed by atoms with Crippen LogP contribution in [-0.4, -0.2) is 21.1 Å². The second kappa shape index (κ2) is 8.57. The van der Waals surface area contributed by atoms with Gasteiger partial charge in [0, 0.05) is 40.9 Å². The highest BCUT2D eigenvalue weighted by molar-refractivity contribution is 6.35. The van der Waals surface area contributed by atoms with Gasteiger partial charge in [0.1, 0.15) is 5.65 Å². The van der Waals surface area contributed by atoms with Gasteiger partial charge in [-0.25, -0.2) is 4.98 Å². The largest absolute Gasteiger partial charge is 0.389 e. The molecule has 5 rings (SSSR count). The van der Waals surface area contributed by atoms with Crippen LogP contribution in [0.3, 0.4) is 0 Å². The molecule has 0 bridgehead atoms. The van der Waals surface area contributed by atoms with Gasteiger partial charge in [0.05, 0.1) is 21.6 Å². The van der Waals surface area contributed by atoms with Crippen LogP contribution >= 0.6 is 11.6 Å². The van der Waals surface area contributed by atoms with Crippen LogP contribution in [0.15, 0.2) is 77.9 Å². The van der Waals surface area contributed by atoms with E-state index in [-0.39, 0.29) is 10.9 Å². The maximum Gasteiger partial charge on any atom is 0.389 e. The van der Waals surface area contributed by atoms with Gasteiger partial charge in [0.25, 0.3) is 0 Å². The molecule has 0 saturated carbocycles. The zero-order valence-electron chi connectivity index (χ0n) is 17.7. The van der Waals surface area contributed by atoms with E-state index < -0.39 is 24.4 Å². The molecule has 3 heterocycles. The third-order valence-electron chi connectivity index (χ3n) is 5.64. The minimum absolute atomic E-state index is 0.0609. The molecule has 0 atom stereocenters. The lowest BCUT2D eigenvalue weighted by atomic mass is 9.96. The van der Waals surface area contributed by atoms with Crippen LogP contribution < -0.4 is 5.43 Å². The summed E-state index contributed by atoms with van der Waals surface area (Å²) < 4.78 is 38.2. The number of pyridine rings is 3. The Bertz CT molecular complexity index is 1580. The molecule has 0 unspecified atom stereocenters. The van der Waals surface area contributed by atoms with Crippen LogP contribution in [-0.2, 0) is 6.42 Å². The Morgan fingerprint density at radius 3 is 2.53 bits per heavy atom. The maximum absolute atomic E-state index is 13.1. The predicted octanol–water partition coefficient (Wildman–Crippen LogP) is 6.95. The predicted molar refractivity (Wildman–Crippen MR) is 128 cm³/mol. The smallest absolute Gasteiger partial charge is 0.346 e. The molecule has 4 nitrogen and oxygen atoms in total. The summed E-state index contributed by atoms with van der Waals surface area (Å²) in [7, 11) is 0. The lowest BCUT2D eigenvalue weighted by molar-refractivity contribution is -0.134. The van der Waals surface area contributed by atoms with Gasteiger partial charge in [-0.15, -0.1) is 0 Å². The van der Waals surface area contributed by atoms with Crippen molar-refractivity contribution in [3.8, 4) is 22.4 Å². The Morgan fingerprint density at radius 1 is 0.971 bits per heavy atom. The molecule has 0 saturated heterocycles. The van der Waals surface area contributed by atoms with Crippen LogP contribution in [0.5, 0.6) is 0 Å².